The quantitative estimate of drug-likeness (QED) is 0.137. The smallest absolute Gasteiger partial charge is 0.547 e. The normalized spacial score (nSPS) is 44.9. The molecule has 3 aliphatic heterocycles. The summed E-state index contributed by atoms with van der Waals surface area (Å²) < 4.78 is 12.8. The molecule has 0 unspecified atom stereocenters. The van der Waals surface area contributed by atoms with E-state index in [-0.39, 0.29) is 17.4 Å². The largest absolute Gasteiger partial charge is 3.00 e. The second kappa shape index (κ2) is 16.1. The third-order valence-electron chi connectivity index (χ3n) is 5.46. The van der Waals surface area contributed by atoms with Crippen LogP contribution >= 0.6 is 0 Å². The summed E-state index contributed by atoms with van der Waals surface area (Å²) in [7, 11) is 0. The number of carboxylic acid groups (broad SMARTS) is 3. The summed E-state index contributed by atoms with van der Waals surface area (Å²) in [5.74, 6) is -5.30. The molecule has 12 N–H and O–H groups in total. The van der Waals surface area contributed by atoms with Crippen LogP contribution in [-0.2, 0) is 46.0 Å². The molecular formula is C18H27CrO21. The Kier molecular flexibility index (Phi) is 15.4. The van der Waals surface area contributed by atoms with Crippen molar-refractivity contribution in [3.05, 3.63) is 0 Å². The number of aliphatic carboxylic acids is 3. The molecule has 0 saturated carbocycles. The summed E-state index contributed by atoms with van der Waals surface area (Å²) in [5.41, 5.74) is 0. The molecule has 3 saturated heterocycles. The molecule has 231 valence electrons. The number of carboxylic acids is 3. The van der Waals surface area contributed by atoms with Crippen molar-refractivity contribution in [1.29, 1.82) is 0 Å². The summed E-state index contributed by atoms with van der Waals surface area (Å²) in [6, 6.07) is 0. The van der Waals surface area contributed by atoms with Gasteiger partial charge in [0.2, 0.25) is 0 Å². The van der Waals surface area contributed by atoms with Gasteiger partial charge in [0.05, 0.1) is 17.9 Å². The zero-order valence-electron chi connectivity index (χ0n) is 19.6. The van der Waals surface area contributed by atoms with E-state index in [1.807, 2.05) is 0 Å². The van der Waals surface area contributed by atoms with Crippen molar-refractivity contribution < 1.29 is 123 Å². The first-order valence-electron chi connectivity index (χ1n) is 10.6. The van der Waals surface area contributed by atoms with Crippen LogP contribution in [-0.4, -0.2) is 171 Å². The van der Waals surface area contributed by atoms with E-state index in [2.05, 4.69) is 14.2 Å². The molecule has 15 atom stereocenters. The number of hydrogen-bond donors (Lipinski definition) is 12. The number of aliphatic hydroxyl groups is 12. The summed E-state index contributed by atoms with van der Waals surface area (Å²) in [4.78, 5) is 30.8. The first-order valence-corrected chi connectivity index (χ1v) is 10.6. The number of rotatable bonds is 3. The first-order chi connectivity index (χ1) is 17.8. The Morgan fingerprint density at radius 3 is 0.700 bits per heavy atom. The Labute approximate surface area is 233 Å². The maximum atomic E-state index is 10.3. The summed E-state index contributed by atoms with van der Waals surface area (Å²) >= 11 is 0. The summed E-state index contributed by atoms with van der Waals surface area (Å²) in [6.45, 7) is 0. The maximum Gasteiger partial charge on any atom is 3.00 e. The van der Waals surface area contributed by atoms with Crippen molar-refractivity contribution in [1.82, 2.24) is 0 Å². The molecule has 21 nitrogen and oxygen atoms in total. The van der Waals surface area contributed by atoms with Gasteiger partial charge in [0.15, 0.2) is 18.9 Å². The molecule has 0 aromatic rings. The van der Waals surface area contributed by atoms with Gasteiger partial charge in [-0.2, -0.15) is 0 Å². The Balaban J connectivity index is 0.000000563. The average Bonchev–Trinajstić information content (AvgIpc) is 2.86. The number of hydrogen-bond acceptors (Lipinski definition) is 21. The summed E-state index contributed by atoms with van der Waals surface area (Å²) in [6.07, 6.45) is -27.0. The second-order valence-corrected chi connectivity index (χ2v) is 8.21. The first kappa shape index (κ1) is 38.3. The van der Waals surface area contributed by atoms with E-state index < -0.39 is 110 Å². The molecule has 3 rings (SSSR count). The molecule has 3 fully saturated rings. The van der Waals surface area contributed by atoms with Crippen LogP contribution in [0.3, 0.4) is 0 Å². The molecule has 0 aliphatic carbocycles. The van der Waals surface area contributed by atoms with Gasteiger partial charge >= 0.3 is 17.4 Å². The molecule has 22 heteroatoms. The monoisotopic (exact) mass is 631 g/mol. The predicted octanol–water partition coefficient (Wildman–Crippen LogP) is -13.4. The van der Waals surface area contributed by atoms with Gasteiger partial charge in [-0.15, -0.1) is 0 Å². The van der Waals surface area contributed by atoms with Crippen LogP contribution in [0.15, 0.2) is 0 Å². The Morgan fingerprint density at radius 1 is 0.375 bits per heavy atom. The zero-order valence-corrected chi connectivity index (χ0v) is 20.9. The van der Waals surface area contributed by atoms with Crippen LogP contribution in [0.25, 0.3) is 0 Å². The minimum atomic E-state index is -1.85. The van der Waals surface area contributed by atoms with Crippen molar-refractivity contribution in [2.24, 2.45) is 0 Å². The number of ether oxygens (including phenoxy) is 3. The molecule has 40 heavy (non-hydrogen) atoms. The van der Waals surface area contributed by atoms with Gasteiger partial charge in [-0.05, 0) is 0 Å². The van der Waals surface area contributed by atoms with E-state index in [1.165, 1.54) is 0 Å². The predicted molar refractivity (Wildman–Crippen MR) is 102 cm³/mol. The topological polar surface area (TPSA) is 391 Å². The number of aliphatic hydroxyl groups excluding tert-OH is 12. The van der Waals surface area contributed by atoms with E-state index in [0.717, 1.165) is 0 Å². The fraction of sp³-hybridized carbons (Fsp3) is 0.833. The van der Waals surface area contributed by atoms with Crippen LogP contribution in [0.2, 0.25) is 0 Å². The minimum absolute atomic E-state index is 0. The van der Waals surface area contributed by atoms with Crippen LogP contribution < -0.4 is 15.3 Å². The van der Waals surface area contributed by atoms with Crippen molar-refractivity contribution in [3.63, 3.8) is 0 Å². The molecule has 0 amide bonds. The van der Waals surface area contributed by atoms with E-state index >= 15 is 0 Å². The van der Waals surface area contributed by atoms with Gasteiger partial charge in [-0.1, -0.05) is 0 Å². The van der Waals surface area contributed by atoms with Crippen LogP contribution in [0.1, 0.15) is 0 Å². The zero-order chi connectivity index (χ0) is 30.5. The number of carbonyl (C=O) groups is 3. The number of carbonyl (C=O) groups excluding carboxylic acids is 3. The third kappa shape index (κ3) is 9.17. The van der Waals surface area contributed by atoms with Crippen molar-refractivity contribution in [3.8, 4) is 0 Å². The van der Waals surface area contributed by atoms with Crippen LogP contribution in [0.5, 0.6) is 0 Å². The van der Waals surface area contributed by atoms with E-state index in [1.54, 1.807) is 0 Å². The molecule has 0 spiro atoms. The van der Waals surface area contributed by atoms with Gasteiger partial charge in [0, 0.05) is 0 Å². The van der Waals surface area contributed by atoms with Crippen molar-refractivity contribution >= 4 is 17.9 Å². The minimum Gasteiger partial charge on any atom is -0.547 e. The molecule has 3 heterocycles. The standard InChI is InChI=1S/3C6H10O7.Cr/c3*7-1-2(8)4(5(10)11)13-6(12)3(1)9;/h3*1-4,6-9,12H,(H,10,11);/q;;;+3/p-3/t3*1-,2-,3+,4-,6+;/m000./s1. The fourth-order valence-corrected chi connectivity index (χ4v) is 3.17. The third-order valence-corrected chi connectivity index (χ3v) is 5.46. The van der Waals surface area contributed by atoms with Crippen LogP contribution in [0.4, 0.5) is 0 Å². The molecular weight excluding hydrogens is 604 g/mol. The van der Waals surface area contributed by atoms with E-state index in [0.29, 0.717) is 0 Å². The molecule has 0 aromatic heterocycles. The van der Waals surface area contributed by atoms with Gasteiger partial charge in [-0.25, -0.2) is 0 Å². The maximum absolute atomic E-state index is 10.3. The van der Waals surface area contributed by atoms with E-state index in [4.69, 9.17) is 61.3 Å². The van der Waals surface area contributed by atoms with Crippen molar-refractivity contribution in [2.75, 3.05) is 0 Å². The molecule has 1 radical (unpaired) electrons. The van der Waals surface area contributed by atoms with Crippen LogP contribution in [0, 0.1) is 0 Å². The second-order valence-electron chi connectivity index (χ2n) is 8.21. The van der Waals surface area contributed by atoms with Gasteiger partial charge in [0.25, 0.3) is 0 Å². The van der Waals surface area contributed by atoms with E-state index in [9.17, 15) is 29.7 Å². The molecule has 3 aliphatic rings. The molecule has 0 bridgehead atoms. The van der Waals surface area contributed by atoms with Gasteiger partial charge in [0.1, 0.15) is 73.2 Å². The van der Waals surface area contributed by atoms with Gasteiger partial charge < -0.3 is 105 Å². The Morgan fingerprint density at radius 2 is 0.550 bits per heavy atom. The summed E-state index contributed by atoms with van der Waals surface area (Å²) in [5, 5.41) is 138. The fourth-order valence-electron chi connectivity index (χ4n) is 3.17. The van der Waals surface area contributed by atoms with Crippen molar-refractivity contribution in [2.45, 2.75) is 92.1 Å². The SMILES string of the molecule is O=C([O-])[C@H]1O[C@@H](O)[C@H](O)[C@@H](O)[C@@H]1O.O=C([O-])[C@H]1O[C@@H](O)[C@H](O)[C@@H](O)[C@@H]1O.O=C([O-])[C@H]1O[C@@H](O)[C@H](O)[C@@H](O)[C@@H]1O.[Cr+3]. The molecule has 0 aromatic carbocycles. The van der Waals surface area contributed by atoms with Gasteiger partial charge in [-0.3, -0.25) is 0 Å². The Bertz CT molecular complexity index is 727. The Hall–Kier alpha value is -1.66. The average molecular weight is 631 g/mol.